The predicted octanol–water partition coefficient (Wildman–Crippen LogP) is 6.99. The van der Waals surface area contributed by atoms with Crippen molar-refractivity contribution in [2.75, 3.05) is 9.80 Å². The molecule has 274 valence electrons. The van der Waals surface area contributed by atoms with Crippen molar-refractivity contribution in [1.82, 2.24) is 20.6 Å². The molecule has 2 aromatic carbocycles. The van der Waals surface area contributed by atoms with Gasteiger partial charge in [0.2, 0.25) is 11.8 Å². The number of amides is 6. The molecule has 6 heterocycles. The zero-order chi connectivity index (χ0) is 37.2. The lowest BCUT2D eigenvalue weighted by atomic mass is 10.0. The molecule has 4 aromatic rings. The van der Waals surface area contributed by atoms with Gasteiger partial charge in [-0.2, -0.15) is 0 Å². The third-order valence-electron chi connectivity index (χ3n) is 9.58. The average molecular weight is 721 g/mol. The molecule has 2 saturated heterocycles. The zero-order valence-electron chi connectivity index (χ0n) is 29.8. The van der Waals surface area contributed by atoms with Gasteiger partial charge in [0.15, 0.2) is 0 Å². The van der Waals surface area contributed by atoms with E-state index in [1.807, 2.05) is 57.2 Å². The van der Waals surface area contributed by atoms with Crippen molar-refractivity contribution < 1.29 is 38.1 Å². The molecule has 0 spiro atoms. The van der Waals surface area contributed by atoms with Gasteiger partial charge in [-0.1, -0.05) is 45.0 Å². The van der Waals surface area contributed by atoms with Gasteiger partial charge in [0, 0.05) is 23.3 Å². The van der Waals surface area contributed by atoms with Crippen molar-refractivity contribution in [2.45, 2.75) is 84.5 Å². The predicted molar refractivity (Wildman–Crippen MR) is 193 cm³/mol. The largest absolute Gasteiger partial charge is 0.439 e. The van der Waals surface area contributed by atoms with Crippen LogP contribution in [0.25, 0.3) is 0 Å². The van der Waals surface area contributed by atoms with Crippen molar-refractivity contribution in [3.05, 3.63) is 95.3 Å². The van der Waals surface area contributed by atoms with Crippen molar-refractivity contribution in [1.29, 1.82) is 0 Å². The maximum absolute atomic E-state index is 12.3. The van der Waals surface area contributed by atoms with Gasteiger partial charge in [0.25, 0.3) is 11.8 Å². The SMILES string of the molecule is CCC1OCc2cccc(Oc3ccc(N4C(=O)N[C@H](CC)C4=O)cn3)c21.CC[C@H]1NC(=O)N(c2ccc(Oc3cccc4c3C(C)OC4)nc2)C1=O. The van der Waals surface area contributed by atoms with E-state index >= 15 is 0 Å². The number of fused-ring (bicyclic) bond motifs is 2. The second kappa shape index (κ2) is 15.0. The minimum atomic E-state index is -0.480. The van der Waals surface area contributed by atoms with Crippen molar-refractivity contribution in [3.63, 3.8) is 0 Å². The summed E-state index contributed by atoms with van der Waals surface area (Å²) in [6, 6.07) is 16.5. The molecule has 14 nitrogen and oxygen atoms in total. The molecular weight excluding hydrogens is 680 g/mol. The van der Waals surface area contributed by atoms with Gasteiger partial charge in [-0.25, -0.2) is 29.4 Å². The van der Waals surface area contributed by atoms with Gasteiger partial charge in [-0.05, 0) is 61.6 Å². The Morgan fingerprint density at radius 1 is 0.660 bits per heavy atom. The summed E-state index contributed by atoms with van der Waals surface area (Å²) in [7, 11) is 0. The summed E-state index contributed by atoms with van der Waals surface area (Å²) < 4.78 is 23.3. The third kappa shape index (κ3) is 6.90. The molecule has 2 aromatic heterocycles. The van der Waals surface area contributed by atoms with Crippen molar-refractivity contribution in [3.8, 4) is 23.3 Å². The van der Waals surface area contributed by atoms with Gasteiger partial charge >= 0.3 is 12.1 Å². The van der Waals surface area contributed by atoms with E-state index in [0.29, 0.717) is 54.9 Å². The summed E-state index contributed by atoms with van der Waals surface area (Å²) in [5.41, 5.74) is 5.17. The second-order valence-corrected chi connectivity index (χ2v) is 12.9. The molecule has 4 atom stereocenters. The van der Waals surface area contributed by atoms with E-state index in [9.17, 15) is 19.2 Å². The van der Waals surface area contributed by atoms with E-state index in [0.717, 1.165) is 44.2 Å². The van der Waals surface area contributed by atoms with Crippen LogP contribution in [-0.2, 0) is 32.3 Å². The molecule has 4 aliphatic rings. The van der Waals surface area contributed by atoms with E-state index in [2.05, 4.69) is 27.5 Å². The molecule has 2 unspecified atom stereocenters. The number of imide groups is 2. The number of pyridine rings is 2. The summed E-state index contributed by atoms with van der Waals surface area (Å²) in [5.74, 6) is 1.68. The Morgan fingerprint density at radius 2 is 1.15 bits per heavy atom. The lowest BCUT2D eigenvalue weighted by Gasteiger charge is -2.15. The van der Waals surface area contributed by atoms with Gasteiger partial charge in [-0.15, -0.1) is 0 Å². The highest BCUT2D eigenvalue weighted by Gasteiger charge is 2.39. The van der Waals surface area contributed by atoms with Crippen LogP contribution in [0.4, 0.5) is 21.0 Å². The van der Waals surface area contributed by atoms with E-state index in [1.54, 1.807) is 24.3 Å². The highest BCUT2D eigenvalue weighted by molar-refractivity contribution is 6.22. The van der Waals surface area contributed by atoms with Crippen molar-refractivity contribution in [2.24, 2.45) is 0 Å². The topological polar surface area (TPSA) is 162 Å². The standard InChI is InChI=1S/C20H21N3O4.C19H19N3O4/c1-3-14-19(24)23(20(25)22-14)13-8-9-17(21-10-13)27-16-7-5-6-12-11-26-15(4-2)18(12)16;1-3-14-18(23)22(19(24)21-14)13-7-8-16(20-9-13)26-15-6-4-5-12-10-25-11(2)17(12)15/h5-10,14-15H,3-4,11H2,1-2H3,(H,22,25);4-9,11,14H,3,10H2,1-2H3,(H,21,24)/t14-,15?;11?,14-/m11/s1. The van der Waals surface area contributed by atoms with Gasteiger partial charge < -0.3 is 29.6 Å². The number of hydrogen-bond donors (Lipinski definition) is 2. The van der Waals surface area contributed by atoms with Crippen molar-refractivity contribution >= 4 is 35.3 Å². The monoisotopic (exact) mass is 720 g/mol. The summed E-state index contributed by atoms with van der Waals surface area (Å²) in [4.78, 5) is 59.4. The van der Waals surface area contributed by atoms with E-state index in [1.165, 1.54) is 12.4 Å². The van der Waals surface area contributed by atoms with Crippen LogP contribution in [0.1, 0.15) is 81.4 Å². The number of carbonyl (C=O) groups is 4. The normalized spacial score (nSPS) is 21.5. The van der Waals surface area contributed by atoms with Crippen LogP contribution in [0.5, 0.6) is 23.3 Å². The number of benzene rings is 2. The van der Waals surface area contributed by atoms with Crippen LogP contribution >= 0.6 is 0 Å². The highest BCUT2D eigenvalue weighted by atomic mass is 16.5. The quantitative estimate of drug-likeness (QED) is 0.172. The fourth-order valence-electron chi connectivity index (χ4n) is 6.79. The molecular formula is C39H40N6O8. The van der Waals surface area contributed by atoms with Crippen LogP contribution in [0.3, 0.4) is 0 Å². The molecule has 14 heteroatoms. The Bertz CT molecular complexity index is 2040. The molecule has 0 saturated carbocycles. The Kier molecular flexibility index (Phi) is 10.1. The maximum Gasteiger partial charge on any atom is 0.329 e. The number of aromatic nitrogens is 2. The van der Waals surface area contributed by atoms with E-state index < -0.39 is 24.1 Å². The molecule has 0 radical (unpaired) electrons. The number of carbonyl (C=O) groups excluding carboxylic acids is 4. The molecule has 2 N–H and O–H groups in total. The number of hydrogen-bond acceptors (Lipinski definition) is 10. The van der Waals surface area contributed by atoms with Crippen LogP contribution in [0.15, 0.2) is 73.1 Å². The Labute approximate surface area is 306 Å². The number of nitrogens with one attached hydrogen (secondary N) is 2. The molecule has 6 amide bonds. The number of ether oxygens (including phenoxy) is 4. The van der Waals surface area contributed by atoms with Gasteiger partial charge in [-0.3, -0.25) is 9.59 Å². The number of nitrogens with zero attached hydrogens (tertiary/aromatic N) is 4. The number of rotatable bonds is 9. The molecule has 53 heavy (non-hydrogen) atoms. The smallest absolute Gasteiger partial charge is 0.329 e. The Balaban J connectivity index is 0.000000164. The zero-order valence-corrected chi connectivity index (χ0v) is 29.8. The van der Waals surface area contributed by atoms with Crippen LogP contribution < -0.4 is 29.9 Å². The summed E-state index contributed by atoms with van der Waals surface area (Å²) in [5, 5.41) is 5.31. The highest BCUT2D eigenvalue weighted by Crippen LogP contribution is 2.41. The maximum atomic E-state index is 12.3. The first-order valence-electron chi connectivity index (χ1n) is 17.7. The Hall–Kier alpha value is -5.86. The molecule has 0 bridgehead atoms. The minimum absolute atomic E-state index is 0.0207. The molecule has 2 fully saturated rings. The van der Waals surface area contributed by atoms with Crippen LogP contribution in [0, 0.1) is 0 Å². The number of anilines is 2. The summed E-state index contributed by atoms with van der Waals surface area (Å²) in [6.07, 6.45) is 4.90. The first kappa shape index (κ1) is 35.5. The van der Waals surface area contributed by atoms with Gasteiger partial charge in [0.1, 0.15) is 23.6 Å². The Morgan fingerprint density at radius 3 is 1.60 bits per heavy atom. The lowest BCUT2D eigenvalue weighted by molar-refractivity contribution is -0.119. The van der Waals surface area contributed by atoms with E-state index in [-0.39, 0.29) is 24.0 Å². The molecule has 0 aliphatic carbocycles. The summed E-state index contributed by atoms with van der Waals surface area (Å²) >= 11 is 0. The molecule has 4 aliphatic heterocycles. The summed E-state index contributed by atoms with van der Waals surface area (Å²) in [6.45, 7) is 8.92. The fourth-order valence-corrected chi connectivity index (χ4v) is 6.79. The third-order valence-corrected chi connectivity index (χ3v) is 9.58. The first-order valence-corrected chi connectivity index (χ1v) is 17.7. The van der Waals surface area contributed by atoms with Gasteiger partial charge in [0.05, 0.1) is 49.2 Å². The minimum Gasteiger partial charge on any atom is -0.439 e. The average Bonchev–Trinajstić information content (AvgIpc) is 3.92. The molecule has 8 rings (SSSR count). The fraction of sp³-hybridized carbons (Fsp3) is 0.333. The van der Waals surface area contributed by atoms with Crippen LogP contribution in [-0.4, -0.2) is 45.9 Å². The van der Waals surface area contributed by atoms with Crippen LogP contribution in [0.2, 0.25) is 0 Å². The van der Waals surface area contributed by atoms with E-state index in [4.69, 9.17) is 18.9 Å². The second-order valence-electron chi connectivity index (χ2n) is 12.9. The first-order chi connectivity index (χ1) is 25.7. The lowest BCUT2D eigenvalue weighted by Crippen LogP contribution is -2.31. The number of urea groups is 2.